The van der Waals surface area contributed by atoms with Crippen molar-refractivity contribution >= 4 is 5.97 Å². The van der Waals surface area contributed by atoms with Gasteiger partial charge in [-0.15, -0.1) is 0 Å². The van der Waals surface area contributed by atoms with E-state index in [1.807, 2.05) is 6.92 Å². The molecule has 4 saturated carbocycles. The van der Waals surface area contributed by atoms with Gasteiger partial charge < -0.3 is 9.84 Å². The van der Waals surface area contributed by atoms with Gasteiger partial charge in [-0.25, -0.2) is 0 Å². The molecule has 0 amide bonds. The van der Waals surface area contributed by atoms with Crippen molar-refractivity contribution in [3.63, 3.8) is 0 Å². The summed E-state index contributed by atoms with van der Waals surface area (Å²) in [7, 11) is 0. The van der Waals surface area contributed by atoms with Crippen LogP contribution >= 0.6 is 0 Å². The number of hydrogen-bond donors (Lipinski definition) is 1. The summed E-state index contributed by atoms with van der Waals surface area (Å²) < 4.78 is 6.17. The Balaban J connectivity index is 1.76. The Hall–Kier alpha value is -0.570. The topological polar surface area (TPSA) is 46.5 Å². The molecule has 4 rings (SSSR count). The zero-order valence-corrected chi connectivity index (χ0v) is 14.7. The van der Waals surface area contributed by atoms with Crippen LogP contribution in [0.3, 0.4) is 0 Å². The Labute approximate surface area is 134 Å². The van der Waals surface area contributed by atoms with Gasteiger partial charge in [-0.1, -0.05) is 20.8 Å². The highest BCUT2D eigenvalue weighted by Gasteiger charge is 2.59. The number of aliphatic hydroxyl groups is 1. The molecule has 0 spiro atoms. The molecular formula is C19H32O3. The van der Waals surface area contributed by atoms with E-state index in [1.54, 1.807) is 0 Å². The Morgan fingerprint density at radius 1 is 1.27 bits per heavy atom. The van der Waals surface area contributed by atoms with Crippen LogP contribution in [0, 0.1) is 23.2 Å². The highest BCUT2D eigenvalue weighted by Crippen LogP contribution is 2.59. The van der Waals surface area contributed by atoms with E-state index in [1.165, 1.54) is 6.42 Å². The Morgan fingerprint density at radius 3 is 2.32 bits per heavy atom. The molecule has 0 heterocycles. The van der Waals surface area contributed by atoms with Gasteiger partial charge in [-0.2, -0.15) is 0 Å². The first-order valence-electron chi connectivity index (χ1n) is 9.13. The third-order valence-corrected chi connectivity index (χ3v) is 6.42. The number of ether oxygens (including phenoxy) is 1. The molecule has 0 aromatic heterocycles. The molecule has 3 nitrogen and oxygen atoms in total. The monoisotopic (exact) mass is 308 g/mol. The summed E-state index contributed by atoms with van der Waals surface area (Å²) in [6.07, 6.45) is 7.35. The predicted molar refractivity (Wildman–Crippen MR) is 86.3 cm³/mol. The molecule has 4 bridgehead atoms. The molecule has 126 valence electrons. The van der Waals surface area contributed by atoms with Gasteiger partial charge in [0.15, 0.2) is 0 Å². The first-order chi connectivity index (χ1) is 10.2. The second kappa shape index (κ2) is 5.22. The molecule has 22 heavy (non-hydrogen) atoms. The van der Waals surface area contributed by atoms with Crippen LogP contribution in [0.2, 0.25) is 0 Å². The minimum atomic E-state index is -0.564. The zero-order valence-electron chi connectivity index (χ0n) is 14.7. The molecule has 0 saturated heterocycles. The van der Waals surface area contributed by atoms with E-state index in [4.69, 9.17) is 4.74 Å². The molecule has 0 aliphatic heterocycles. The van der Waals surface area contributed by atoms with Crippen molar-refractivity contribution < 1.29 is 14.6 Å². The highest BCUT2D eigenvalue weighted by atomic mass is 16.6. The van der Waals surface area contributed by atoms with Gasteiger partial charge in [0.05, 0.1) is 11.0 Å². The first kappa shape index (κ1) is 16.3. The highest BCUT2D eigenvalue weighted by molar-refractivity contribution is 5.77. The molecule has 0 aromatic rings. The summed E-state index contributed by atoms with van der Waals surface area (Å²) in [5, 5.41) is 10.8. The van der Waals surface area contributed by atoms with Crippen LogP contribution in [0.5, 0.6) is 0 Å². The molecule has 4 aliphatic carbocycles. The summed E-state index contributed by atoms with van der Waals surface area (Å²) in [5.41, 5.74) is -1.32. The molecule has 0 radical (unpaired) electrons. The van der Waals surface area contributed by atoms with Gasteiger partial charge in [0.1, 0.15) is 5.60 Å². The van der Waals surface area contributed by atoms with Gasteiger partial charge >= 0.3 is 5.97 Å². The van der Waals surface area contributed by atoms with Crippen LogP contribution in [-0.4, -0.2) is 22.3 Å². The van der Waals surface area contributed by atoms with E-state index < -0.39 is 5.60 Å². The normalized spacial score (nSPS) is 42.5. The van der Waals surface area contributed by atoms with E-state index in [9.17, 15) is 9.90 Å². The fourth-order valence-electron chi connectivity index (χ4n) is 5.84. The maximum Gasteiger partial charge on any atom is 0.312 e. The van der Waals surface area contributed by atoms with E-state index >= 15 is 0 Å². The van der Waals surface area contributed by atoms with Crippen molar-refractivity contribution in [2.24, 2.45) is 23.2 Å². The van der Waals surface area contributed by atoms with Crippen LogP contribution < -0.4 is 0 Å². The lowest BCUT2D eigenvalue weighted by molar-refractivity contribution is -0.226. The zero-order chi connectivity index (χ0) is 16.2. The average Bonchev–Trinajstić information content (AvgIpc) is 2.33. The lowest BCUT2D eigenvalue weighted by atomic mass is 9.52. The van der Waals surface area contributed by atoms with Crippen LogP contribution in [0.25, 0.3) is 0 Å². The van der Waals surface area contributed by atoms with Gasteiger partial charge in [0.2, 0.25) is 0 Å². The lowest BCUT2D eigenvalue weighted by Gasteiger charge is -2.59. The molecule has 3 unspecified atom stereocenters. The molecular weight excluding hydrogens is 276 g/mol. The van der Waals surface area contributed by atoms with Crippen molar-refractivity contribution in [2.75, 3.05) is 0 Å². The van der Waals surface area contributed by atoms with Crippen molar-refractivity contribution in [1.82, 2.24) is 0 Å². The van der Waals surface area contributed by atoms with E-state index in [-0.39, 0.29) is 17.0 Å². The minimum absolute atomic E-state index is 0.0331. The van der Waals surface area contributed by atoms with Gasteiger partial charge in [0, 0.05) is 6.42 Å². The third kappa shape index (κ3) is 2.81. The summed E-state index contributed by atoms with van der Waals surface area (Å²) in [4.78, 5) is 12.9. The second-order valence-electron chi connectivity index (χ2n) is 9.27. The van der Waals surface area contributed by atoms with E-state index in [2.05, 4.69) is 20.8 Å². The van der Waals surface area contributed by atoms with Gasteiger partial charge in [-0.05, 0) is 69.6 Å². The van der Waals surface area contributed by atoms with Crippen molar-refractivity contribution in [1.29, 1.82) is 0 Å². The molecule has 4 fully saturated rings. The SMILES string of the molecule is CCC(C)(CC(C)C)C(=O)OC12CC3CC(CC(O)(C3)C1)C2. The molecule has 1 N–H and O–H groups in total. The molecule has 4 aliphatic rings. The molecule has 3 heteroatoms. The molecule has 3 atom stereocenters. The maximum absolute atomic E-state index is 12.9. The number of rotatable bonds is 5. The fraction of sp³-hybridized carbons (Fsp3) is 0.947. The molecule has 0 aromatic carbocycles. The van der Waals surface area contributed by atoms with E-state index in [0.29, 0.717) is 24.2 Å². The largest absolute Gasteiger partial charge is 0.459 e. The number of hydrogen-bond acceptors (Lipinski definition) is 3. The van der Waals surface area contributed by atoms with Crippen molar-refractivity contribution in [3.05, 3.63) is 0 Å². The van der Waals surface area contributed by atoms with Crippen LogP contribution in [-0.2, 0) is 9.53 Å². The Bertz CT molecular complexity index is 442. The maximum atomic E-state index is 12.9. The van der Waals surface area contributed by atoms with Crippen LogP contribution in [0.15, 0.2) is 0 Å². The quantitative estimate of drug-likeness (QED) is 0.779. The van der Waals surface area contributed by atoms with Crippen molar-refractivity contribution in [3.8, 4) is 0 Å². The minimum Gasteiger partial charge on any atom is -0.459 e. The summed E-state index contributed by atoms with van der Waals surface area (Å²) in [5.74, 6) is 1.56. The number of carbonyl (C=O) groups is 1. The van der Waals surface area contributed by atoms with Crippen LogP contribution in [0.4, 0.5) is 0 Å². The third-order valence-electron chi connectivity index (χ3n) is 6.42. The fourth-order valence-corrected chi connectivity index (χ4v) is 5.84. The summed E-state index contributed by atoms with van der Waals surface area (Å²) >= 11 is 0. The Morgan fingerprint density at radius 2 is 1.86 bits per heavy atom. The number of esters is 1. The van der Waals surface area contributed by atoms with Gasteiger partial charge in [0.25, 0.3) is 0 Å². The van der Waals surface area contributed by atoms with Gasteiger partial charge in [-0.3, -0.25) is 4.79 Å². The number of carbonyl (C=O) groups excluding carboxylic acids is 1. The first-order valence-corrected chi connectivity index (χ1v) is 9.13. The second-order valence-corrected chi connectivity index (χ2v) is 9.27. The van der Waals surface area contributed by atoms with Crippen LogP contribution in [0.1, 0.15) is 79.1 Å². The predicted octanol–water partition coefficient (Wildman–Crippen LogP) is 4.08. The van der Waals surface area contributed by atoms with E-state index in [0.717, 1.165) is 38.5 Å². The smallest absolute Gasteiger partial charge is 0.312 e. The summed E-state index contributed by atoms with van der Waals surface area (Å²) in [6.45, 7) is 8.45. The summed E-state index contributed by atoms with van der Waals surface area (Å²) in [6, 6.07) is 0. The Kier molecular flexibility index (Phi) is 3.87. The lowest BCUT2D eigenvalue weighted by Crippen LogP contribution is -2.61. The average molecular weight is 308 g/mol. The van der Waals surface area contributed by atoms with Crippen molar-refractivity contribution in [2.45, 2.75) is 90.3 Å². The standard InChI is InChI=1S/C19H32O3/c1-5-17(4,7-13(2)3)16(20)22-19-10-14-6-15(11-19)9-18(21,8-14)12-19/h13-15,21H,5-12H2,1-4H3.